The molecule has 0 amide bonds. The Morgan fingerprint density at radius 2 is 1.95 bits per heavy atom. The summed E-state index contributed by atoms with van der Waals surface area (Å²) in [6.45, 7) is 4.37. The van der Waals surface area contributed by atoms with E-state index in [0.29, 0.717) is 13.0 Å². The second kappa shape index (κ2) is 5.89. The maximum atomic E-state index is 12.1. The molecule has 3 N–H and O–H groups in total. The topological polar surface area (TPSA) is 72.2 Å². The summed E-state index contributed by atoms with van der Waals surface area (Å²) in [6, 6.07) is 4.07. The van der Waals surface area contributed by atoms with Crippen LogP contribution in [0.3, 0.4) is 0 Å². The number of sulfone groups is 1. The summed E-state index contributed by atoms with van der Waals surface area (Å²) in [5.41, 5.74) is 8.60. The first kappa shape index (κ1) is 16.8. The first-order valence-electron chi connectivity index (χ1n) is 7.13. The van der Waals surface area contributed by atoms with E-state index >= 15 is 0 Å². The molecule has 2 atom stereocenters. The Balaban J connectivity index is 2.39. The number of anilines is 1. The largest absolute Gasteiger partial charge is 0.377 e. The van der Waals surface area contributed by atoms with Crippen molar-refractivity contribution in [3.8, 4) is 0 Å². The standard InChI is InChI=1S/C15H23BrN2O2S/c1-10-7-12(8-11(2)14(10)16)18-15(9-17)6-4-5-13(15)21(3,19)20/h7-8,13,18H,4-6,9,17H2,1-3H3. The molecular formula is C15H23BrN2O2S. The van der Waals surface area contributed by atoms with Gasteiger partial charge in [-0.25, -0.2) is 8.42 Å². The molecule has 0 aromatic heterocycles. The molecular weight excluding hydrogens is 352 g/mol. The molecule has 0 heterocycles. The number of hydrogen-bond donors (Lipinski definition) is 2. The third-order valence-electron chi connectivity index (χ3n) is 4.42. The second-order valence-corrected chi connectivity index (χ2v) is 9.14. The monoisotopic (exact) mass is 374 g/mol. The number of rotatable bonds is 4. The zero-order valence-electron chi connectivity index (χ0n) is 12.7. The lowest BCUT2D eigenvalue weighted by Gasteiger charge is -2.35. The van der Waals surface area contributed by atoms with E-state index in [2.05, 4.69) is 21.2 Å². The summed E-state index contributed by atoms with van der Waals surface area (Å²) in [5.74, 6) is 0. The van der Waals surface area contributed by atoms with Gasteiger partial charge in [0.1, 0.15) is 0 Å². The molecule has 1 aromatic rings. The van der Waals surface area contributed by atoms with Gasteiger partial charge in [-0.2, -0.15) is 0 Å². The zero-order chi connectivity index (χ0) is 15.8. The van der Waals surface area contributed by atoms with Crippen LogP contribution in [-0.4, -0.2) is 32.0 Å². The molecule has 1 saturated carbocycles. The molecule has 2 rings (SSSR count). The van der Waals surface area contributed by atoms with E-state index in [0.717, 1.165) is 34.1 Å². The highest BCUT2D eigenvalue weighted by Crippen LogP contribution is 2.38. The number of nitrogens with one attached hydrogen (secondary N) is 1. The number of nitrogens with two attached hydrogens (primary N) is 1. The predicted octanol–water partition coefficient (Wildman–Crippen LogP) is 2.77. The van der Waals surface area contributed by atoms with E-state index in [9.17, 15) is 8.42 Å². The van der Waals surface area contributed by atoms with Crippen LogP contribution in [0.1, 0.15) is 30.4 Å². The molecule has 0 spiro atoms. The Bertz CT molecular complexity index is 622. The Kier molecular flexibility index (Phi) is 4.71. The van der Waals surface area contributed by atoms with Gasteiger partial charge < -0.3 is 11.1 Å². The predicted molar refractivity (Wildman–Crippen MR) is 91.5 cm³/mol. The van der Waals surface area contributed by atoms with Gasteiger partial charge >= 0.3 is 0 Å². The molecule has 1 aliphatic carbocycles. The summed E-state index contributed by atoms with van der Waals surface area (Å²) in [7, 11) is -3.12. The fourth-order valence-corrected chi connectivity index (χ4v) is 5.31. The summed E-state index contributed by atoms with van der Waals surface area (Å²) in [5, 5.41) is 3.03. The fourth-order valence-electron chi connectivity index (χ4n) is 3.40. The lowest BCUT2D eigenvalue weighted by Crippen LogP contribution is -2.54. The minimum atomic E-state index is -3.12. The van der Waals surface area contributed by atoms with Gasteiger partial charge in [0.2, 0.25) is 0 Å². The molecule has 4 nitrogen and oxygen atoms in total. The summed E-state index contributed by atoms with van der Waals surface area (Å²) in [6.07, 6.45) is 3.66. The fraction of sp³-hybridized carbons (Fsp3) is 0.600. The highest BCUT2D eigenvalue weighted by Gasteiger charge is 2.47. The van der Waals surface area contributed by atoms with E-state index in [-0.39, 0.29) is 0 Å². The minimum Gasteiger partial charge on any atom is -0.377 e. The highest BCUT2D eigenvalue weighted by atomic mass is 79.9. The Morgan fingerprint density at radius 3 is 2.43 bits per heavy atom. The SMILES string of the molecule is Cc1cc(NC2(CN)CCCC2S(C)(=O)=O)cc(C)c1Br. The second-order valence-electron chi connectivity index (χ2n) is 6.12. The van der Waals surface area contributed by atoms with Gasteiger partial charge in [0, 0.05) is 23.0 Å². The van der Waals surface area contributed by atoms with Crippen molar-refractivity contribution in [2.45, 2.75) is 43.9 Å². The molecule has 21 heavy (non-hydrogen) atoms. The van der Waals surface area contributed by atoms with E-state index in [1.165, 1.54) is 6.26 Å². The molecule has 0 radical (unpaired) electrons. The Morgan fingerprint density at radius 1 is 1.38 bits per heavy atom. The van der Waals surface area contributed by atoms with Crippen molar-refractivity contribution in [3.63, 3.8) is 0 Å². The van der Waals surface area contributed by atoms with E-state index in [1.54, 1.807) is 0 Å². The molecule has 6 heteroatoms. The molecule has 118 valence electrons. The van der Waals surface area contributed by atoms with E-state index in [1.807, 2.05) is 26.0 Å². The lowest BCUT2D eigenvalue weighted by molar-refractivity contribution is 0.479. The number of halogens is 1. The van der Waals surface area contributed by atoms with Crippen molar-refractivity contribution >= 4 is 31.5 Å². The van der Waals surface area contributed by atoms with Crippen LogP contribution in [0.2, 0.25) is 0 Å². The molecule has 2 unspecified atom stereocenters. The molecule has 1 aliphatic rings. The van der Waals surface area contributed by atoms with Crippen LogP contribution in [0.25, 0.3) is 0 Å². The molecule has 0 bridgehead atoms. The van der Waals surface area contributed by atoms with Gasteiger partial charge in [-0.15, -0.1) is 0 Å². The van der Waals surface area contributed by atoms with Crippen molar-refractivity contribution in [1.82, 2.24) is 0 Å². The van der Waals surface area contributed by atoms with Crippen molar-refractivity contribution in [3.05, 3.63) is 27.7 Å². The van der Waals surface area contributed by atoms with Gasteiger partial charge in [-0.3, -0.25) is 0 Å². The van der Waals surface area contributed by atoms with Gasteiger partial charge in [-0.1, -0.05) is 15.9 Å². The number of aryl methyl sites for hydroxylation is 2. The van der Waals surface area contributed by atoms with Crippen LogP contribution in [0.4, 0.5) is 5.69 Å². The van der Waals surface area contributed by atoms with Crippen molar-refractivity contribution in [2.24, 2.45) is 5.73 Å². The lowest BCUT2D eigenvalue weighted by atomic mass is 9.96. The Hall–Kier alpha value is -0.590. The average Bonchev–Trinajstić information content (AvgIpc) is 2.80. The van der Waals surface area contributed by atoms with Crippen molar-refractivity contribution < 1.29 is 8.42 Å². The van der Waals surface area contributed by atoms with Gasteiger partial charge in [-0.05, 0) is 56.4 Å². The smallest absolute Gasteiger partial charge is 0.152 e. The maximum absolute atomic E-state index is 12.1. The van der Waals surface area contributed by atoms with Crippen molar-refractivity contribution in [1.29, 1.82) is 0 Å². The van der Waals surface area contributed by atoms with E-state index < -0.39 is 20.6 Å². The van der Waals surface area contributed by atoms with Crippen LogP contribution < -0.4 is 11.1 Å². The first-order valence-corrected chi connectivity index (χ1v) is 9.88. The number of hydrogen-bond acceptors (Lipinski definition) is 4. The molecule has 1 fully saturated rings. The van der Waals surface area contributed by atoms with Crippen LogP contribution in [0, 0.1) is 13.8 Å². The Labute approximate surface area is 135 Å². The molecule has 0 saturated heterocycles. The quantitative estimate of drug-likeness (QED) is 0.849. The van der Waals surface area contributed by atoms with E-state index in [4.69, 9.17) is 5.73 Å². The maximum Gasteiger partial charge on any atom is 0.152 e. The molecule has 1 aromatic carbocycles. The first-order chi connectivity index (χ1) is 9.69. The van der Waals surface area contributed by atoms with Crippen molar-refractivity contribution in [2.75, 3.05) is 18.1 Å². The summed E-state index contributed by atoms with van der Waals surface area (Å²) in [4.78, 5) is 0. The normalized spacial score (nSPS) is 26.0. The number of benzene rings is 1. The van der Waals surface area contributed by atoms with Crippen LogP contribution >= 0.6 is 15.9 Å². The van der Waals surface area contributed by atoms with Gasteiger partial charge in [0.15, 0.2) is 9.84 Å². The third kappa shape index (κ3) is 3.27. The van der Waals surface area contributed by atoms with Crippen LogP contribution in [-0.2, 0) is 9.84 Å². The van der Waals surface area contributed by atoms with Gasteiger partial charge in [0.25, 0.3) is 0 Å². The zero-order valence-corrected chi connectivity index (χ0v) is 15.1. The third-order valence-corrected chi connectivity index (χ3v) is 7.39. The molecule has 0 aliphatic heterocycles. The minimum absolute atomic E-state index is 0.318. The van der Waals surface area contributed by atoms with Crippen LogP contribution in [0.5, 0.6) is 0 Å². The summed E-state index contributed by atoms with van der Waals surface area (Å²) < 4.78 is 25.3. The van der Waals surface area contributed by atoms with Gasteiger partial charge in [0.05, 0.1) is 10.8 Å². The average molecular weight is 375 g/mol. The summed E-state index contributed by atoms with van der Waals surface area (Å²) >= 11 is 3.55. The highest BCUT2D eigenvalue weighted by molar-refractivity contribution is 9.10. The van der Waals surface area contributed by atoms with Crippen LogP contribution in [0.15, 0.2) is 16.6 Å².